The van der Waals surface area contributed by atoms with Crippen LogP contribution in [0.5, 0.6) is 0 Å². The minimum Gasteiger partial charge on any atom is -0.447 e. The van der Waals surface area contributed by atoms with Gasteiger partial charge in [-0.25, -0.2) is 14.2 Å². The van der Waals surface area contributed by atoms with Gasteiger partial charge in [0.25, 0.3) is 11.8 Å². The van der Waals surface area contributed by atoms with Crippen molar-refractivity contribution in [1.82, 2.24) is 10.4 Å². The van der Waals surface area contributed by atoms with E-state index in [1.807, 2.05) is 0 Å². The second-order valence-electron chi connectivity index (χ2n) is 5.85. The Morgan fingerprint density at radius 2 is 1.62 bits per heavy atom. The van der Waals surface area contributed by atoms with Gasteiger partial charge in [-0.2, -0.15) is 0 Å². The van der Waals surface area contributed by atoms with Gasteiger partial charge in [-0.05, 0) is 11.1 Å². The number of amides is 3. The van der Waals surface area contributed by atoms with Crippen LogP contribution in [0.25, 0.3) is 0 Å². The number of phosphoric ester groups is 1. The van der Waals surface area contributed by atoms with E-state index in [1.54, 1.807) is 24.3 Å². The molecule has 3 amide bonds. The van der Waals surface area contributed by atoms with Crippen molar-refractivity contribution in [3.05, 3.63) is 35.4 Å². The predicted molar refractivity (Wildman–Crippen MR) is 93.5 cm³/mol. The molecule has 0 aliphatic carbocycles. The SMILES string of the molecule is O=C(Cc1ccc(CNC(=O)OCCOP(=O)(O)O)cc1)ON1C(=O)CCC1=O. The van der Waals surface area contributed by atoms with Crippen LogP contribution in [0, 0.1) is 0 Å². The van der Waals surface area contributed by atoms with Crippen LogP contribution in [0.1, 0.15) is 24.0 Å². The third-order valence-electron chi connectivity index (χ3n) is 3.58. The number of alkyl carbamates (subject to hydrolysis) is 1. The maximum atomic E-state index is 11.8. The third kappa shape index (κ3) is 8.00. The average Bonchev–Trinajstić information content (AvgIpc) is 2.96. The van der Waals surface area contributed by atoms with Crippen LogP contribution in [0.4, 0.5) is 4.79 Å². The Kier molecular flexibility index (Phi) is 7.85. The lowest BCUT2D eigenvalue weighted by molar-refractivity contribution is -0.197. The van der Waals surface area contributed by atoms with E-state index in [2.05, 4.69) is 14.6 Å². The van der Waals surface area contributed by atoms with Crippen molar-refractivity contribution in [2.45, 2.75) is 25.8 Å². The number of imide groups is 1. The number of hydrogen-bond acceptors (Lipinski definition) is 8. The Bertz CT molecular complexity index is 803. The number of ether oxygens (including phenoxy) is 1. The minimum absolute atomic E-state index is 0.0208. The van der Waals surface area contributed by atoms with Gasteiger partial charge < -0.3 is 24.7 Å². The highest BCUT2D eigenvalue weighted by molar-refractivity contribution is 7.46. The molecule has 0 aromatic heterocycles. The third-order valence-corrected chi connectivity index (χ3v) is 4.10. The van der Waals surface area contributed by atoms with E-state index in [4.69, 9.17) is 14.6 Å². The number of rotatable bonds is 9. The first kappa shape index (κ1) is 22.5. The van der Waals surface area contributed by atoms with Crippen molar-refractivity contribution in [2.75, 3.05) is 13.2 Å². The number of phosphoric acid groups is 1. The normalized spacial score (nSPS) is 14.1. The van der Waals surface area contributed by atoms with Gasteiger partial charge in [-0.1, -0.05) is 24.3 Å². The van der Waals surface area contributed by atoms with Gasteiger partial charge >= 0.3 is 19.9 Å². The lowest BCUT2D eigenvalue weighted by atomic mass is 10.1. The summed E-state index contributed by atoms with van der Waals surface area (Å²) in [6.45, 7) is -0.670. The summed E-state index contributed by atoms with van der Waals surface area (Å²) in [5.41, 5.74) is 1.27. The molecule has 29 heavy (non-hydrogen) atoms. The van der Waals surface area contributed by atoms with Crippen LogP contribution in [-0.4, -0.2) is 51.9 Å². The summed E-state index contributed by atoms with van der Waals surface area (Å²) < 4.78 is 19.3. The van der Waals surface area contributed by atoms with Crippen LogP contribution in [0.15, 0.2) is 24.3 Å². The summed E-state index contributed by atoms with van der Waals surface area (Å²) in [6.07, 6.45) is -0.904. The summed E-state index contributed by atoms with van der Waals surface area (Å²) in [5, 5.41) is 2.91. The zero-order valence-electron chi connectivity index (χ0n) is 15.1. The molecule has 1 aliphatic rings. The number of nitrogens with zero attached hydrogens (tertiary/aromatic N) is 1. The summed E-state index contributed by atoms with van der Waals surface area (Å²) in [4.78, 5) is 67.9. The lowest BCUT2D eigenvalue weighted by Crippen LogP contribution is -2.32. The van der Waals surface area contributed by atoms with Gasteiger partial charge in [0.2, 0.25) is 0 Å². The summed E-state index contributed by atoms with van der Waals surface area (Å²) >= 11 is 0. The van der Waals surface area contributed by atoms with Crippen LogP contribution >= 0.6 is 7.82 Å². The molecule has 0 unspecified atom stereocenters. The maximum Gasteiger partial charge on any atom is 0.469 e. The largest absolute Gasteiger partial charge is 0.469 e. The monoisotopic (exact) mass is 430 g/mol. The molecular formula is C16H19N2O10P. The molecule has 3 N–H and O–H groups in total. The molecule has 1 aromatic rings. The molecule has 0 radical (unpaired) electrons. The fourth-order valence-corrected chi connectivity index (χ4v) is 2.56. The zero-order valence-corrected chi connectivity index (χ0v) is 16.0. The van der Waals surface area contributed by atoms with E-state index in [-0.39, 0.29) is 32.4 Å². The van der Waals surface area contributed by atoms with E-state index in [1.165, 1.54) is 0 Å². The molecule has 1 aliphatic heterocycles. The molecule has 1 heterocycles. The number of benzene rings is 1. The lowest BCUT2D eigenvalue weighted by Gasteiger charge is -2.12. The van der Waals surface area contributed by atoms with E-state index >= 15 is 0 Å². The highest BCUT2D eigenvalue weighted by Crippen LogP contribution is 2.35. The number of carbonyl (C=O) groups is 4. The van der Waals surface area contributed by atoms with Crippen molar-refractivity contribution in [2.24, 2.45) is 0 Å². The van der Waals surface area contributed by atoms with Crippen LogP contribution < -0.4 is 5.32 Å². The molecule has 0 atom stereocenters. The Labute approximate surface area is 164 Å². The van der Waals surface area contributed by atoms with Gasteiger partial charge in [-0.15, -0.1) is 5.06 Å². The average molecular weight is 430 g/mol. The smallest absolute Gasteiger partial charge is 0.447 e. The molecule has 0 bridgehead atoms. The van der Waals surface area contributed by atoms with E-state index < -0.39 is 38.3 Å². The van der Waals surface area contributed by atoms with Crippen LogP contribution in [0.2, 0.25) is 0 Å². The number of hydroxylamine groups is 2. The highest BCUT2D eigenvalue weighted by Gasteiger charge is 2.32. The Hall–Kier alpha value is -2.79. The molecule has 1 fully saturated rings. The van der Waals surface area contributed by atoms with Crippen molar-refractivity contribution in [3.63, 3.8) is 0 Å². The first-order valence-electron chi connectivity index (χ1n) is 8.39. The van der Waals surface area contributed by atoms with Gasteiger partial charge in [0, 0.05) is 19.4 Å². The molecule has 0 spiro atoms. The molecule has 2 rings (SSSR count). The minimum atomic E-state index is -4.60. The van der Waals surface area contributed by atoms with E-state index in [0.29, 0.717) is 16.2 Å². The second kappa shape index (κ2) is 10.1. The zero-order chi connectivity index (χ0) is 21.4. The first-order valence-corrected chi connectivity index (χ1v) is 9.92. The van der Waals surface area contributed by atoms with Gasteiger partial charge in [0.15, 0.2) is 0 Å². The molecule has 158 valence electrons. The van der Waals surface area contributed by atoms with Gasteiger partial charge in [-0.3, -0.25) is 14.1 Å². The first-order chi connectivity index (χ1) is 13.6. The summed E-state index contributed by atoms with van der Waals surface area (Å²) in [7, 11) is -4.60. The van der Waals surface area contributed by atoms with Gasteiger partial charge in [0.05, 0.1) is 13.0 Å². The van der Waals surface area contributed by atoms with Crippen molar-refractivity contribution in [3.8, 4) is 0 Å². The number of hydrogen-bond donors (Lipinski definition) is 3. The molecule has 12 nitrogen and oxygen atoms in total. The predicted octanol–water partition coefficient (Wildman–Crippen LogP) is 0.172. The molecule has 0 saturated carbocycles. The van der Waals surface area contributed by atoms with Crippen molar-refractivity contribution >= 4 is 31.7 Å². The van der Waals surface area contributed by atoms with Gasteiger partial charge in [0.1, 0.15) is 6.61 Å². The van der Waals surface area contributed by atoms with E-state index in [9.17, 15) is 23.7 Å². The second-order valence-corrected chi connectivity index (χ2v) is 7.09. The Morgan fingerprint density at radius 1 is 1.03 bits per heavy atom. The number of carbonyl (C=O) groups excluding carboxylic acids is 4. The fraction of sp³-hybridized carbons (Fsp3) is 0.375. The molecule has 1 aromatic carbocycles. The molecular weight excluding hydrogens is 411 g/mol. The molecule has 13 heteroatoms. The topological polar surface area (TPSA) is 169 Å². The Balaban J connectivity index is 1.70. The summed E-state index contributed by atoms with van der Waals surface area (Å²) in [5.74, 6) is -1.85. The standard InChI is InChI=1S/C16H19N2O10P/c19-13-5-6-14(20)18(13)28-15(21)9-11-1-3-12(4-2-11)10-17-16(22)26-7-8-27-29(23,24)25/h1-4H,5-10H2,(H,17,22)(H2,23,24,25). The summed E-state index contributed by atoms with van der Waals surface area (Å²) in [6, 6.07) is 6.52. The maximum absolute atomic E-state index is 11.8. The highest BCUT2D eigenvalue weighted by atomic mass is 31.2. The number of nitrogens with one attached hydrogen (secondary N) is 1. The fourth-order valence-electron chi connectivity index (χ4n) is 2.25. The van der Waals surface area contributed by atoms with E-state index in [0.717, 1.165) is 0 Å². The van der Waals surface area contributed by atoms with Crippen LogP contribution in [-0.2, 0) is 46.0 Å². The Morgan fingerprint density at radius 3 is 2.21 bits per heavy atom. The molecule has 1 saturated heterocycles. The van der Waals surface area contributed by atoms with Crippen molar-refractivity contribution in [1.29, 1.82) is 0 Å². The van der Waals surface area contributed by atoms with Crippen LogP contribution in [0.3, 0.4) is 0 Å². The quantitative estimate of drug-likeness (QED) is 0.279. The van der Waals surface area contributed by atoms with Crippen molar-refractivity contribution < 1.29 is 47.6 Å².